The van der Waals surface area contributed by atoms with Gasteiger partial charge in [0.25, 0.3) is 5.91 Å². The lowest BCUT2D eigenvalue weighted by molar-refractivity contribution is -0.123. The fourth-order valence-corrected chi connectivity index (χ4v) is 3.11. The summed E-state index contributed by atoms with van der Waals surface area (Å²) in [6.45, 7) is 2.33. The molecule has 0 bridgehead atoms. The van der Waals surface area contributed by atoms with Crippen LogP contribution in [0.4, 0.5) is 21.9 Å². The van der Waals surface area contributed by atoms with Crippen LogP contribution in [0.5, 0.6) is 0 Å². The third-order valence-corrected chi connectivity index (χ3v) is 4.81. The third-order valence-electron chi connectivity index (χ3n) is 4.56. The summed E-state index contributed by atoms with van der Waals surface area (Å²) in [5.74, 6) is 0.177. The molecule has 0 aliphatic carbocycles. The van der Waals surface area contributed by atoms with Crippen LogP contribution in [0, 0.1) is 5.41 Å². The van der Waals surface area contributed by atoms with E-state index >= 15 is 0 Å². The van der Waals surface area contributed by atoms with Crippen molar-refractivity contribution in [3.8, 4) is 0 Å². The molecule has 2 aromatic rings. The predicted octanol–water partition coefficient (Wildman–Crippen LogP) is 4.88. The maximum atomic E-state index is 12.3. The number of carbonyl (C=O) groups is 2. The number of carbonyl (C=O) groups excluding carboxylic acids is 2. The zero-order valence-corrected chi connectivity index (χ0v) is 16.8. The number of amidine groups is 1. The average Bonchev–Trinajstić information content (AvgIpc) is 2.71. The zero-order chi connectivity index (χ0) is 20.8. The minimum absolute atomic E-state index is 0.435. The van der Waals surface area contributed by atoms with Gasteiger partial charge in [0.1, 0.15) is 5.84 Å². The summed E-state index contributed by atoms with van der Waals surface area (Å²) in [5.41, 5.74) is 2.04. The predicted molar refractivity (Wildman–Crippen MR) is 115 cm³/mol. The zero-order valence-electron chi connectivity index (χ0n) is 16.1. The van der Waals surface area contributed by atoms with Gasteiger partial charge < -0.3 is 15.0 Å². The molecule has 1 heterocycles. The number of hydrogen-bond donors (Lipinski definition) is 3. The number of amides is 2. The first kappa shape index (κ1) is 20.7. The molecule has 29 heavy (non-hydrogen) atoms. The van der Waals surface area contributed by atoms with Crippen molar-refractivity contribution in [2.75, 3.05) is 22.1 Å². The monoisotopic (exact) mass is 414 g/mol. The third kappa shape index (κ3) is 5.71. The lowest BCUT2D eigenvalue weighted by Crippen LogP contribution is -2.34. The molecule has 7 nitrogen and oxygen atoms in total. The van der Waals surface area contributed by atoms with E-state index in [1.54, 1.807) is 36.4 Å². The van der Waals surface area contributed by atoms with Crippen molar-refractivity contribution in [2.45, 2.75) is 32.3 Å². The van der Waals surface area contributed by atoms with E-state index in [2.05, 4.69) is 10.6 Å². The lowest BCUT2D eigenvalue weighted by atomic mass is 10.1. The van der Waals surface area contributed by atoms with Gasteiger partial charge >= 0.3 is 6.09 Å². The first-order chi connectivity index (χ1) is 13.9. The second kappa shape index (κ2) is 9.43. The highest BCUT2D eigenvalue weighted by Gasteiger charge is 2.19. The van der Waals surface area contributed by atoms with E-state index in [0.717, 1.165) is 31.5 Å². The Morgan fingerprint density at radius 2 is 1.66 bits per heavy atom. The van der Waals surface area contributed by atoms with E-state index < -0.39 is 18.1 Å². The Labute approximate surface area is 174 Å². The summed E-state index contributed by atoms with van der Waals surface area (Å²) < 4.78 is 5.12. The van der Waals surface area contributed by atoms with Crippen LogP contribution in [0.3, 0.4) is 0 Å². The molecular weight excluding hydrogens is 392 g/mol. The molecule has 1 saturated heterocycles. The maximum absolute atomic E-state index is 12.3. The molecule has 0 spiro atoms. The van der Waals surface area contributed by atoms with Crippen molar-refractivity contribution in [1.82, 2.24) is 0 Å². The molecule has 0 aromatic heterocycles. The number of halogens is 1. The summed E-state index contributed by atoms with van der Waals surface area (Å²) >= 11 is 5.80. The van der Waals surface area contributed by atoms with Crippen LogP contribution in [0.15, 0.2) is 48.5 Å². The molecule has 1 aliphatic rings. The normalized spacial score (nSPS) is 14.8. The Hall–Kier alpha value is -3.06. The Bertz CT molecular complexity index is 884. The summed E-state index contributed by atoms with van der Waals surface area (Å²) in [6, 6.07) is 13.8. The second-order valence-electron chi connectivity index (χ2n) is 6.77. The SMILES string of the molecule is CC(OC(=O)Nc1ccc(Cl)cc1)C(=O)Nc1ccc(N2CCCCC2=N)cc1. The van der Waals surface area contributed by atoms with Crippen LogP contribution in [-0.4, -0.2) is 30.5 Å². The van der Waals surface area contributed by atoms with Crippen molar-refractivity contribution in [1.29, 1.82) is 5.41 Å². The number of anilines is 3. The van der Waals surface area contributed by atoms with E-state index in [1.807, 2.05) is 17.0 Å². The molecular formula is C21H23ClN4O3. The summed E-state index contributed by atoms with van der Waals surface area (Å²) in [4.78, 5) is 26.2. The number of hydrogen-bond acceptors (Lipinski definition) is 4. The van der Waals surface area contributed by atoms with Crippen LogP contribution >= 0.6 is 11.6 Å². The Morgan fingerprint density at radius 1 is 1.03 bits per heavy atom. The molecule has 152 valence electrons. The van der Waals surface area contributed by atoms with Gasteiger partial charge in [0, 0.05) is 35.1 Å². The number of rotatable bonds is 5. The van der Waals surface area contributed by atoms with Crippen molar-refractivity contribution >= 4 is 46.5 Å². The molecule has 8 heteroatoms. The summed E-state index contributed by atoms with van der Waals surface area (Å²) in [5, 5.41) is 13.9. The molecule has 0 radical (unpaired) electrons. The first-order valence-electron chi connectivity index (χ1n) is 9.41. The van der Waals surface area contributed by atoms with Crippen molar-refractivity contribution in [3.63, 3.8) is 0 Å². The van der Waals surface area contributed by atoms with Crippen LogP contribution in [-0.2, 0) is 9.53 Å². The summed E-state index contributed by atoms with van der Waals surface area (Å²) in [6.07, 6.45) is 1.19. The van der Waals surface area contributed by atoms with E-state index in [4.69, 9.17) is 21.7 Å². The minimum Gasteiger partial charge on any atom is -0.436 e. The van der Waals surface area contributed by atoms with Crippen molar-refractivity contribution < 1.29 is 14.3 Å². The van der Waals surface area contributed by atoms with Crippen molar-refractivity contribution in [3.05, 3.63) is 53.6 Å². The van der Waals surface area contributed by atoms with Crippen LogP contribution in [0.25, 0.3) is 0 Å². The highest BCUT2D eigenvalue weighted by molar-refractivity contribution is 6.30. The Balaban J connectivity index is 1.51. The van der Waals surface area contributed by atoms with Gasteiger partial charge in [-0.15, -0.1) is 0 Å². The van der Waals surface area contributed by atoms with E-state index in [9.17, 15) is 9.59 Å². The molecule has 1 aliphatic heterocycles. The smallest absolute Gasteiger partial charge is 0.412 e. The Kier molecular flexibility index (Phi) is 6.72. The van der Waals surface area contributed by atoms with E-state index in [1.165, 1.54) is 6.92 Å². The quantitative estimate of drug-likeness (QED) is 0.649. The fraction of sp³-hybridized carbons (Fsp3) is 0.286. The highest BCUT2D eigenvalue weighted by Crippen LogP contribution is 2.23. The largest absolute Gasteiger partial charge is 0.436 e. The molecule has 1 fully saturated rings. The number of piperidine rings is 1. The van der Waals surface area contributed by atoms with Crippen molar-refractivity contribution in [2.24, 2.45) is 0 Å². The van der Waals surface area contributed by atoms with Crippen LogP contribution in [0.2, 0.25) is 5.02 Å². The van der Waals surface area contributed by atoms with Gasteiger partial charge in [-0.1, -0.05) is 11.6 Å². The average molecular weight is 415 g/mol. The Morgan fingerprint density at radius 3 is 2.31 bits per heavy atom. The number of nitrogens with zero attached hydrogens (tertiary/aromatic N) is 1. The summed E-state index contributed by atoms with van der Waals surface area (Å²) in [7, 11) is 0. The topological polar surface area (TPSA) is 94.5 Å². The maximum Gasteiger partial charge on any atom is 0.412 e. The molecule has 1 atom stereocenters. The standard InChI is InChI=1S/C21H23ClN4O3/c1-14(29-21(28)25-17-7-5-15(22)6-8-17)20(27)24-16-9-11-18(12-10-16)26-13-3-2-4-19(26)23/h5-12,14,23H,2-4,13H2,1H3,(H,24,27)(H,25,28). The lowest BCUT2D eigenvalue weighted by Gasteiger charge is -2.29. The van der Waals surface area contributed by atoms with E-state index in [0.29, 0.717) is 22.2 Å². The van der Waals surface area contributed by atoms with Gasteiger partial charge in [0.2, 0.25) is 0 Å². The van der Waals surface area contributed by atoms with Gasteiger partial charge in [-0.2, -0.15) is 0 Å². The van der Waals surface area contributed by atoms with Gasteiger partial charge in [0.05, 0.1) is 0 Å². The molecule has 3 N–H and O–H groups in total. The minimum atomic E-state index is -0.975. The number of ether oxygens (including phenoxy) is 1. The fourth-order valence-electron chi connectivity index (χ4n) is 2.98. The molecule has 0 saturated carbocycles. The van der Waals surface area contributed by atoms with Crippen LogP contribution in [0.1, 0.15) is 26.2 Å². The van der Waals surface area contributed by atoms with Gasteiger partial charge in [-0.3, -0.25) is 15.5 Å². The molecule has 3 rings (SSSR count). The van der Waals surface area contributed by atoms with Gasteiger partial charge in [0.15, 0.2) is 6.10 Å². The molecule has 2 amide bonds. The number of benzene rings is 2. The van der Waals surface area contributed by atoms with Gasteiger partial charge in [-0.05, 0) is 68.3 Å². The second-order valence-corrected chi connectivity index (χ2v) is 7.21. The molecule has 2 aromatic carbocycles. The van der Waals surface area contributed by atoms with Crippen LogP contribution < -0.4 is 15.5 Å². The first-order valence-corrected chi connectivity index (χ1v) is 9.79. The molecule has 1 unspecified atom stereocenters. The highest BCUT2D eigenvalue weighted by atomic mass is 35.5. The van der Waals surface area contributed by atoms with E-state index in [-0.39, 0.29) is 0 Å². The number of nitrogens with one attached hydrogen (secondary N) is 3. The van der Waals surface area contributed by atoms with Gasteiger partial charge in [-0.25, -0.2) is 4.79 Å².